The third-order valence-corrected chi connectivity index (χ3v) is 4.43. The molecule has 1 heterocycles. The van der Waals surface area contributed by atoms with E-state index in [0.717, 1.165) is 0 Å². The van der Waals surface area contributed by atoms with E-state index in [1.165, 1.54) is 6.92 Å². The smallest absolute Gasteiger partial charge is 0.267 e. The molecule has 0 aliphatic heterocycles. The van der Waals surface area contributed by atoms with E-state index in [4.69, 9.17) is 21.9 Å². The van der Waals surface area contributed by atoms with Crippen molar-refractivity contribution in [2.45, 2.75) is 18.7 Å². The summed E-state index contributed by atoms with van der Waals surface area (Å²) in [4.78, 5) is -0.00757. The summed E-state index contributed by atoms with van der Waals surface area (Å²) < 4.78 is 31.8. The lowest BCUT2D eigenvalue weighted by Gasteiger charge is -2.11. The van der Waals surface area contributed by atoms with Crippen molar-refractivity contribution in [1.82, 2.24) is 5.16 Å². The summed E-state index contributed by atoms with van der Waals surface area (Å²) in [6, 6.07) is 4.73. The molecule has 6 nitrogen and oxygen atoms in total. The van der Waals surface area contributed by atoms with Crippen molar-refractivity contribution >= 4 is 33.0 Å². The first kappa shape index (κ1) is 13.7. The first-order valence-electron chi connectivity index (χ1n) is 5.32. The van der Waals surface area contributed by atoms with E-state index in [1.54, 1.807) is 25.1 Å². The van der Waals surface area contributed by atoms with Crippen molar-refractivity contribution in [2.24, 2.45) is 0 Å². The third-order valence-electron chi connectivity index (χ3n) is 2.52. The molecule has 0 bridgehead atoms. The van der Waals surface area contributed by atoms with Crippen molar-refractivity contribution in [2.75, 3.05) is 10.5 Å². The van der Waals surface area contributed by atoms with Crippen LogP contribution in [0.2, 0.25) is 5.02 Å². The van der Waals surface area contributed by atoms with Gasteiger partial charge < -0.3 is 10.3 Å². The van der Waals surface area contributed by atoms with E-state index in [1.807, 2.05) is 0 Å². The van der Waals surface area contributed by atoms with Crippen LogP contribution in [0.15, 0.2) is 27.6 Å². The molecule has 8 heteroatoms. The Labute approximate surface area is 115 Å². The second kappa shape index (κ2) is 4.75. The van der Waals surface area contributed by atoms with Crippen LogP contribution >= 0.6 is 11.6 Å². The molecule has 0 radical (unpaired) electrons. The number of aromatic nitrogens is 1. The van der Waals surface area contributed by atoms with Crippen LogP contribution < -0.4 is 10.5 Å². The van der Waals surface area contributed by atoms with Crippen LogP contribution in [0.25, 0.3) is 0 Å². The second-order valence-electron chi connectivity index (χ2n) is 3.96. The molecule has 2 aromatic rings. The van der Waals surface area contributed by atoms with Crippen LogP contribution in [0.3, 0.4) is 0 Å². The lowest BCUT2D eigenvalue weighted by atomic mass is 10.3. The quantitative estimate of drug-likeness (QED) is 0.848. The standard InChI is InChI=1S/C11H12ClN3O3S/c1-6-11(7(2)18-14-6)19(16,17)15-10-8(12)4-3-5-9(10)13/h3-5,15H,13H2,1-2H3. The van der Waals surface area contributed by atoms with Crippen molar-refractivity contribution in [3.63, 3.8) is 0 Å². The normalized spacial score (nSPS) is 11.5. The number of para-hydroxylation sites is 1. The van der Waals surface area contributed by atoms with E-state index in [-0.39, 0.29) is 32.7 Å². The molecular weight excluding hydrogens is 290 g/mol. The molecule has 0 aliphatic carbocycles. The maximum absolute atomic E-state index is 12.3. The number of benzene rings is 1. The van der Waals surface area contributed by atoms with Gasteiger partial charge >= 0.3 is 0 Å². The molecule has 0 atom stereocenters. The molecule has 2 rings (SSSR count). The number of sulfonamides is 1. The minimum Gasteiger partial charge on any atom is -0.397 e. The van der Waals surface area contributed by atoms with E-state index in [2.05, 4.69) is 9.88 Å². The number of anilines is 2. The van der Waals surface area contributed by atoms with Crippen LogP contribution in [-0.2, 0) is 10.0 Å². The second-order valence-corrected chi connectivity index (χ2v) is 5.99. The van der Waals surface area contributed by atoms with Gasteiger partial charge in [0.1, 0.15) is 5.69 Å². The van der Waals surface area contributed by atoms with Gasteiger partial charge in [-0.25, -0.2) is 8.42 Å². The van der Waals surface area contributed by atoms with Gasteiger partial charge in [0, 0.05) is 0 Å². The van der Waals surface area contributed by atoms with Crippen molar-refractivity contribution < 1.29 is 12.9 Å². The van der Waals surface area contributed by atoms with E-state index < -0.39 is 10.0 Å². The average molecular weight is 302 g/mol. The number of hydrogen-bond donors (Lipinski definition) is 2. The lowest BCUT2D eigenvalue weighted by molar-refractivity contribution is 0.390. The van der Waals surface area contributed by atoms with Crippen LogP contribution in [0, 0.1) is 13.8 Å². The average Bonchev–Trinajstić information content (AvgIpc) is 2.64. The minimum atomic E-state index is -3.85. The zero-order valence-corrected chi connectivity index (χ0v) is 11.8. The van der Waals surface area contributed by atoms with Gasteiger partial charge in [-0.05, 0) is 26.0 Å². The molecule has 0 saturated heterocycles. The van der Waals surface area contributed by atoms with E-state index in [0.29, 0.717) is 0 Å². The molecule has 0 amide bonds. The Kier molecular flexibility index (Phi) is 3.42. The van der Waals surface area contributed by atoms with Gasteiger partial charge in [-0.15, -0.1) is 0 Å². The topological polar surface area (TPSA) is 98.2 Å². The van der Waals surface area contributed by atoms with Crippen molar-refractivity contribution in [3.8, 4) is 0 Å². The zero-order valence-electron chi connectivity index (χ0n) is 10.3. The fourth-order valence-corrected chi connectivity index (χ4v) is 3.42. The highest BCUT2D eigenvalue weighted by Crippen LogP contribution is 2.31. The summed E-state index contributed by atoms with van der Waals surface area (Å²) in [6.45, 7) is 3.06. The third kappa shape index (κ3) is 2.52. The molecule has 0 aliphatic rings. The number of rotatable bonds is 3. The fraction of sp³-hybridized carbons (Fsp3) is 0.182. The Morgan fingerprint density at radius 2 is 2.05 bits per heavy atom. The van der Waals surface area contributed by atoms with E-state index >= 15 is 0 Å². The lowest BCUT2D eigenvalue weighted by Crippen LogP contribution is -2.15. The van der Waals surface area contributed by atoms with Crippen LogP contribution in [0.5, 0.6) is 0 Å². The summed E-state index contributed by atoms with van der Waals surface area (Å²) in [6.07, 6.45) is 0. The van der Waals surface area contributed by atoms with Gasteiger partial charge in [0.2, 0.25) is 0 Å². The first-order chi connectivity index (χ1) is 8.83. The van der Waals surface area contributed by atoms with Crippen molar-refractivity contribution in [1.29, 1.82) is 0 Å². The first-order valence-corrected chi connectivity index (χ1v) is 7.18. The predicted octanol–water partition coefficient (Wildman–Crippen LogP) is 2.33. The number of halogens is 1. The van der Waals surface area contributed by atoms with E-state index in [9.17, 15) is 8.42 Å². The molecule has 0 unspecified atom stereocenters. The summed E-state index contributed by atoms with van der Waals surface area (Å²) in [5.74, 6) is 0.204. The van der Waals surface area contributed by atoms with Gasteiger partial charge in [-0.1, -0.05) is 22.8 Å². The molecule has 102 valence electrons. The molecule has 19 heavy (non-hydrogen) atoms. The molecule has 1 aromatic heterocycles. The highest BCUT2D eigenvalue weighted by molar-refractivity contribution is 7.92. The van der Waals surface area contributed by atoms with Crippen LogP contribution in [-0.4, -0.2) is 13.6 Å². The van der Waals surface area contributed by atoms with Crippen LogP contribution in [0.1, 0.15) is 11.5 Å². The number of nitrogens with one attached hydrogen (secondary N) is 1. The predicted molar refractivity (Wildman–Crippen MR) is 72.6 cm³/mol. The molecule has 3 N–H and O–H groups in total. The highest BCUT2D eigenvalue weighted by atomic mass is 35.5. The Morgan fingerprint density at radius 3 is 2.58 bits per heavy atom. The fourth-order valence-electron chi connectivity index (χ4n) is 1.69. The Morgan fingerprint density at radius 1 is 1.37 bits per heavy atom. The zero-order chi connectivity index (χ0) is 14.2. The van der Waals surface area contributed by atoms with Gasteiger partial charge in [-0.2, -0.15) is 0 Å². The maximum Gasteiger partial charge on any atom is 0.267 e. The van der Waals surface area contributed by atoms with Gasteiger partial charge in [0.05, 0.1) is 16.4 Å². The molecular formula is C11H12ClN3O3S. The number of nitrogens with two attached hydrogens (primary N) is 1. The Balaban J connectivity index is 2.49. The molecule has 0 spiro atoms. The number of nitrogen functional groups attached to an aromatic ring is 1. The number of hydrogen-bond acceptors (Lipinski definition) is 5. The SMILES string of the molecule is Cc1noc(C)c1S(=O)(=O)Nc1c(N)cccc1Cl. The summed E-state index contributed by atoms with van der Waals surface area (Å²) in [5.41, 5.74) is 6.36. The maximum atomic E-state index is 12.3. The Hall–Kier alpha value is -1.73. The van der Waals surface area contributed by atoms with Gasteiger partial charge in [-0.3, -0.25) is 4.72 Å². The molecule has 1 aromatic carbocycles. The van der Waals surface area contributed by atoms with Crippen LogP contribution in [0.4, 0.5) is 11.4 Å². The molecule has 0 saturated carbocycles. The van der Waals surface area contributed by atoms with Crippen molar-refractivity contribution in [3.05, 3.63) is 34.7 Å². The minimum absolute atomic E-state index is 0.00757. The summed E-state index contributed by atoms with van der Waals surface area (Å²) in [5, 5.41) is 3.83. The van der Waals surface area contributed by atoms with Gasteiger partial charge in [0.25, 0.3) is 10.0 Å². The number of nitrogens with zero attached hydrogens (tertiary/aromatic N) is 1. The summed E-state index contributed by atoms with van der Waals surface area (Å²) in [7, 11) is -3.85. The largest absolute Gasteiger partial charge is 0.397 e. The Bertz CT molecular complexity index is 685. The monoisotopic (exact) mass is 301 g/mol. The number of aryl methyl sites for hydroxylation is 2. The van der Waals surface area contributed by atoms with Gasteiger partial charge in [0.15, 0.2) is 10.7 Å². The molecule has 0 fully saturated rings. The highest BCUT2D eigenvalue weighted by Gasteiger charge is 2.25. The summed E-state index contributed by atoms with van der Waals surface area (Å²) >= 11 is 5.93.